The van der Waals surface area contributed by atoms with E-state index in [0.29, 0.717) is 29.2 Å². The molecule has 0 fully saturated rings. The first-order chi connectivity index (χ1) is 13.1. The summed E-state index contributed by atoms with van der Waals surface area (Å²) in [5.74, 6) is 0.133. The third-order valence-electron chi connectivity index (χ3n) is 4.23. The Bertz CT molecular complexity index is 861. The van der Waals surface area contributed by atoms with Gasteiger partial charge in [0.15, 0.2) is 0 Å². The van der Waals surface area contributed by atoms with Gasteiger partial charge in [-0.1, -0.05) is 48.5 Å². The first-order valence-electron chi connectivity index (χ1n) is 8.81. The molecule has 1 atom stereocenters. The molecule has 6 nitrogen and oxygen atoms in total. The minimum atomic E-state index is -0.648. The van der Waals surface area contributed by atoms with Crippen LogP contribution in [0.5, 0.6) is 5.75 Å². The van der Waals surface area contributed by atoms with Crippen molar-refractivity contribution in [3.05, 3.63) is 77.0 Å². The molecule has 6 heteroatoms. The molecule has 0 saturated carbocycles. The number of carbonyl (C=O) groups is 2. The van der Waals surface area contributed by atoms with Crippen LogP contribution in [0.4, 0.5) is 4.79 Å². The summed E-state index contributed by atoms with van der Waals surface area (Å²) < 4.78 is 11.2. The Balaban J connectivity index is 1.89. The fourth-order valence-electron chi connectivity index (χ4n) is 3.00. The van der Waals surface area contributed by atoms with Crippen LogP contribution < -0.4 is 15.4 Å². The number of carbonyl (C=O) groups excluding carboxylic acids is 2. The number of hydrogen-bond donors (Lipinski definition) is 2. The lowest BCUT2D eigenvalue weighted by Crippen LogP contribution is -2.45. The number of para-hydroxylation sites is 1. The van der Waals surface area contributed by atoms with Gasteiger partial charge in [-0.2, -0.15) is 0 Å². The van der Waals surface area contributed by atoms with Crippen LogP contribution in [-0.2, 0) is 16.1 Å². The van der Waals surface area contributed by atoms with Gasteiger partial charge in [0.05, 0.1) is 18.2 Å². The van der Waals surface area contributed by atoms with Crippen molar-refractivity contribution in [2.24, 2.45) is 0 Å². The summed E-state index contributed by atoms with van der Waals surface area (Å²) in [4.78, 5) is 24.9. The monoisotopic (exact) mass is 366 g/mol. The summed E-state index contributed by atoms with van der Waals surface area (Å²) in [5.41, 5.74) is 2.43. The predicted octanol–water partition coefficient (Wildman–Crippen LogP) is 3.46. The number of urea groups is 1. The highest BCUT2D eigenvalue weighted by molar-refractivity contribution is 5.95. The van der Waals surface area contributed by atoms with Gasteiger partial charge < -0.3 is 20.1 Å². The zero-order valence-electron chi connectivity index (χ0n) is 15.3. The molecule has 3 rings (SSSR count). The molecule has 0 saturated heterocycles. The Morgan fingerprint density at radius 2 is 1.78 bits per heavy atom. The van der Waals surface area contributed by atoms with Crippen molar-refractivity contribution in [3.63, 3.8) is 0 Å². The first-order valence-corrected chi connectivity index (χ1v) is 8.81. The summed E-state index contributed by atoms with van der Waals surface area (Å²) in [6, 6.07) is 15.8. The maximum Gasteiger partial charge on any atom is 0.338 e. The Hall–Kier alpha value is -3.28. The summed E-state index contributed by atoms with van der Waals surface area (Å²) in [6.07, 6.45) is 0. The van der Waals surface area contributed by atoms with Gasteiger partial charge in [0.1, 0.15) is 12.4 Å². The van der Waals surface area contributed by atoms with Gasteiger partial charge in [-0.15, -0.1) is 0 Å². The number of nitrogens with one attached hydrogen (secondary N) is 2. The number of benzene rings is 2. The number of ether oxygens (including phenoxy) is 2. The van der Waals surface area contributed by atoms with E-state index in [1.807, 2.05) is 61.5 Å². The van der Waals surface area contributed by atoms with E-state index in [0.717, 1.165) is 5.56 Å². The molecular formula is C21H22N2O4. The molecule has 1 aliphatic rings. The first kappa shape index (κ1) is 18.5. The minimum Gasteiger partial charge on any atom is -0.494 e. The van der Waals surface area contributed by atoms with Gasteiger partial charge in [-0.25, -0.2) is 9.59 Å². The van der Waals surface area contributed by atoms with Gasteiger partial charge >= 0.3 is 12.0 Å². The van der Waals surface area contributed by atoms with Crippen LogP contribution in [0.1, 0.15) is 31.0 Å². The molecule has 2 N–H and O–H groups in total. The Labute approximate surface area is 158 Å². The molecule has 0 aromatic heterocycles. The Morgan fingerprint density at radius 1 is 1.07 bits per heavy atom. The van der Waals surface area contributed by atoms with Gasteiger partial charge in [-0.3, -0.25) is 0 Å². The maximum atomic E-state index is 12.8. The van der Waals surface area contributed by atoms with Gasteiger partial charge in [0.25, 0.3) is 0 Å². The van der Waals surface area contributed by atoms with Gasteiger partial charge in [0.2, 0.25) is 0 Å². The van der Waals surface area contributed by atoms with Crippen molar-refractivity contribution in [2.75, 3.05) is 6.61 Å². The minimum absolute atomic E-state index is 0.157. The molecule has 0 spiro atoms. The summed E-state index contributed by atoms with van der Waals surface area (Å²) >= 11 is 0. The van der Waals surface area contributed by atoms with Gasteiger partial charge in [0, 0.05) is 11.3 Å². The van der Waals surface area contributed by atoms with E-state index in [1.165, 1.54) is 0 Å². The molecule has 0 unspecified atom stereocenters. The molecule has 140 valence electrons. The van der Waals surface area contributed by atoms with E-state index >= 15 is 0 Å². The molecular weight excluding hydrogens is 344 g/mol. The average molecular weight is 366 g/mol. The lowest BCUT2D eigenvalue weighted by atomic mass is 9.95. The number of esters is 1. The zero-order chi connectivity index (χ0) is 19.2. The van der Waals surface area contributed by atoms with E-state index < -0.39 is 12.0 Å². The quantitative estimate of drug-likeness (QED) is 0.768. The molecule has 2 aromatic rings. The molecule has 2 aromatic carbocycles. The van der Waals surface area contributed by atoms with Crippen molar-refractivity contribution in [1.82, 2.24) is 10.6 Å². The van der Waals surface area contributed by atoms with Crippen LogP contribution in [0.15, 0.2) is 65.9 Å². The highest BCUT2D eigenvalue weighted by atomic mass is 16.5. The van der Waals surface area contributed by atoms with Crippen LogP contribution in [0.25, 0.3) is 0 Å². The van der Waals surface area contributed by atoms with E-state index in [9.17, 15) is 9.59 Å². The molecule has 0 bridgehead atoms. The van der Waals surface area contributed by atoms with Crippen molar-refractivity contribution >= 4 is 12.0 Å². The third kappa shape index (κ3) is 4.28. The van der Waals surface area contributed by atoms with Crippen LogP contribution in [-0.4, -0.2) is 18.6 Å². The van der Waals surface area contributed by atoms with Crippen LogP contribution in [0.2, 0.25) is 0 Å². The SMILES string of the molecule is CCOc1ccccc1[C@@H]1NC(=O)NC(C)=C1C(=O)OCc1ccccc1. The van der Waals surface area contributed by atoms with Crippen LogP contribution >= 0.6 is 0 Å². The highest BCUT2D eigenvalue weighted by Crippen LogP contribution is 2.33. The number of allylic oxidation sites excluding steroid dienone is 1. The molecule has 1 aliphatic heterocycles. The fourth-order valence-corrected chi connectivity index (χ4v) is 3.00. The van der Waals surface area contributed by atoms with Crippen molar-refractivity contribution < 1.29 is 19.1 Å². The standard InChI is InChI=1S/C21H22N2O4/c1-3-26-17-12-8-7-11-16(17)19-18(14(2)22-21(25)23-19)20(24)27-13-15-9-5-4-6-10-15/h4-12,19H,3,13H2,1-2H3,(H2,22,23,25)/t19-/m0/s1. The topological polar surface area (TPSA) is 76.7 Å². The lowest BCUT2D eigenvalue weighted by molar-refractivity contribution is -0.140. The summed E-state index contributed by atoms with van der Waals surface area (Å²) in [7, 11) is 0. The molecule has 27 heavy (non-hydrogen) atoms. The number of hydrogen-bond acceptors (Lipinski definition) is 4. The smallest absolute Gasteiger partial charge is 0.338 e. The van der Waals surface area contributed by atoms with E-state index in [4.69, 9.17) is 9.47 Å². The van der Waals surface area contributed by atoms with E-state index in [2.05, 4.69) is 10.6 Å². The van der Waals surface area contributed by atoms with Gasteiger partial charge in [-0.05, 0) is 25.5 Å². The summed E-state index contributed by atoms with van der Waals surface area (Å²) in [6.45, 7) is 4.21. The van der Waals surface area contributed by atoms with Crippen molar-refractivity contribution in [3.8, 4) is 5.75 Å². The fraction of sp³-hybridized carbons (Fsp3) is 0.238. The Morgan fingerprint density at radius 3 is 2.52 bits per heavy atom. The molecule has 2 amide bonds. The van der Waals surface area contributed by atoms with Crippen LogP contribution in [0, 0.1) is 0 Å². The van der Waals surface area contributed by atoms with Crippen molar-refractivity contribution in [1.29, 1.82) is 0 Å². The normalized spacial score (nSPS) is 16.4. The lowest BCUT2D eigenvalue weighted by Gasteiger charge is -2.29. The third-order valence-corrected chi connectivity index (χ3v) is 4.23. The van der Waals surface area contributed by atoms with E-state index in [1.54, 1.807) is 6.92 Å². The zero-order valence-corrected chi connectivity index (χ0v) is 15.3. The van der Waals surface area contributed by atoms with E-state index in [-0.39, 0.29) is 12.6 Å². The second kappa shape index (κ2) is 8.40. The maximum absolute atomic E-state index is 12.8. The molecule has 0 radical (unpaired) electrons. The number of amides is 2. The molecule has 1 heterocycles. The van der Waals surface area contributed by atoms with Crippen molar-refractivity contribution in [2.45, 2.75) is 26.5 Å². The molecule has 0 aliphatic carbocycles. The highest BCUT2D eigenvalue weighted by Gasteiger charge is 2.33. The summed E-state index contributed by atoms with van der Waals surface area (Å²) in [5, 5.41) is 5.45. The second-order valence-electron chi connectivity index (χ2n) is 6.10. The average Bonchev–Trinajstić information content (AvgIpc) is 2.67. The Kier molecular flexibility index (Phi) is 5.76. The second-order valence-corrected chi connectivity index (χ2v) is 6.10. The number of rotatable bonds is 6. The largest absolute Gasteiger partial charge is 0.494 e. The predicted molar refractivity (Wildman–Crippen MR) is 101 cm³/mol. The van der Waals surface area contributed by atoms with Crippen LogP contribution in [0.3, 0.4) is 0 Å².